The molecule has 2 heterocycles. The van der Waals surface area contributed by atoms with Gasteiger partial charge in [-0.25, -0.2) is 0 Å². The number of likely N-dealkylation sites (tertiary alicyclic amines) is 2. The first-order chi connectivity index (χ1) is 12.2. The van der Waals surface area contributed by atoms with Crippen molar-refractivity contribution >= 4 is 11.8 Å². The van der Waals surface area contributed by atoms with Gasteiger partial charge >= 0.3 is 0 Å². The van der Waals surface area contributed by atoms with E-state index in [1.165, 1.54) is 0 Å². The summed E-state index contributed by atoms with van der Waals surface area (Å²) in [6.45, 7) is 8.99. The van der Waals surface area contributed by atoms with Crippen LogP contribution in [0, 0.1) is 5.41 Å². The molecule has 5 nitrogen and oxygen atoms in total. The van der Waals surface area contributed by atoms with Crippen LogP contribution in [-0.4, -0.2) is 53.9 Å². The Kier molecular flexibility index (Phi) is 5.00. The third-order valence-electron chi connectivity index (χ3n) is 5.71. The van der Waals surface area contributed by atoms with Gasteiger partial charge in [-0.2, -0.15) is 0 Å². The first-order valence-corrected chi connectivity index (χ1v) is 9.46. The number of hydrogen-bond donors (Lipinski definition) is 0. The van der Waals surface area contributed by atoms with E-state index in [1.807, 2.05) is 42.7 Å². The van der Waals surface area contributed by atoms with Gasteiger partial charge in [-0.15, -0.1) is 0 Å². The zero-order valence-electron chi connectivity index (χ0n) is 16.5. The highest BCUT2D eigenvalue weighted by molar-refractivity contribution is 5.83. The Bertz CT molecular complexity index is 677. The van der Waals surface area contributed by atoms with Crippen LogP contribution in [0.15, 0.2) is 24.3 Å². The number of methoxy groups -OCH3 is 1. The predicted octanol–water partition coefficient (Wildman–Crippen LogP) is 3.05. The molecular weight excluding hydrogens is 328 g/mol. The van der Waals surface area contributed by atoms with E-state index < -0.39 is 5.41 Å². The minimum atomic E-state index is -0.419. The van der Waals surface area contributed by atoms with Gasteiger partial charge in [0.15, 0.2) is 0 Å². The number of ether oxygens (including phenoxy) is 1. The van der Waals surface area contributed by atoms with E-state index >= 15 is 0 Å². The minimum Gasteiger partial charge on any atom is -0.497 e. The van der Waals surface area contributed by atoms with Gasteiger partial charge in [0.2, 0.25) is 11.8 Å². The summed E-state index contributed by atoms with van der Waals surface area (Å²) < 4.78 is 5.27. The van der Waals surface area contributed by atoms with Crippen LogP contribution >= 0.6 is 0 Å². The van der Waals surface area contributed by atoms with E-state index in [0.29, 0.717) is 6.54 Å². The lowest BCUT2D eigenvalue weighted by Crippen LogP contribution is -2.54. The van der Waals surface area contributed by atoms with Crippen LogP contribution in [0.1, 0.15) is 52.0 Å². The molecule has 26 heavy (non-hydrogen) atoms. The van der Waals surface area contributed by atoms with Crippen molar-refractivity contribution in [3.8, 4) is 5.75 Å². The number of piperidine rings is 1. The smallest absolute Gasteiger partial charge is 0.228 e. The number of rotatable bonds is 2. The van der Waals surface area contributed by atoms with Crippen LogP contribution in [0.25, 0.3) is 0 Å². The van der Waals surface area contributed by atoms with E-state index in [-0.39, 0.29) is 29.8 Å². The summed E-state index contributed by atoms with van der Waals surface area (Å²) in [5, 5.41) is 0. The number of carbonyl (C=O) groups is 2. The van der Waals surface area contributed by atoms with Crippen LogP contribution < -0.4 is 4.74 Å². The summed E-state index contributed by atoms with van der Waals surface area (Å²) in [6.07, 6.45) is 1.91. The maximum Gasteiger partial charge on any atom is 0.228 e. The van der Waals surface area contributed by atoms with Gasteiger partial charge in [0, 0.05) is 31.3 Å². The molecule has 0 saturated carbocycles. The van der Waals surface area contributed by atoms with Gasteiger partial charge in [0.25, 0.3) is 0 Å². The fourth-order valence-electron chi connectivity index (χ4n) is 4.46. The Morgan fingerprint density at radius 2 is 1.77 bits per heavy atom. The van der Waals surface area contributed by atoms with Crippen molar-refractivity contribution in [3.63, 3.8) is 0 Å². The quantitative estimate of drug-likeness (QED) is 0.816. The number of fused-ring (bicyclic) bond motifs is 1. The summed E-state index contributed by atoms with van der Waals surface area (Å²) in [7, 11) is 1.66. The molecule has 3 atom stereocenters. The van der Waals surface area contributed by atoms with Gasteiger partial charge < -0.3 is 14.5 Å². The monoisotopic (exact) mass is 358 g/mol. The Morgan fingerprint density at radius 1 is 1.12 bits per heavy atom. The van der Waals surface area contributed by atoms with Crippen LogP contribution in [0.2, 0.25) is 0 Å². The Morgan fingerprint density at radius 3 is 2.31 bits per heavy atom. The standard InChI is InChI=1S/C21H30N2O3/c1-14(24)22-12-6-7-18-19(22)17(13-23(18)20(25)21(2,3)4)15-8-10-16(26-5)11-9-15/h8-11,17-19H,6-7,12-13H2,1-5H3/t17-,18-,19-/m1/s1. The molecule has 0 spiro atoms. The normalized spacial score (nSPS) is 25.8. The molecule has 5 heteroatoms. The maximum atomic E-state index is 13.1. The Labute approximate surface area is 156 Å². The molecule has 2 saturated heterocycles. The van der Waals surface area contributed by atoms with E-state index in [2.05, 4.69) is 12.1 Å². The molecule has 1 aromatic carbocycles. The molecule has 1 aromatic rings. The average Bonchev–Trinajstić information content (AvgIpc) is 2.99. The van der Waals surface area contributed by atoms with Gasteiger partial charge in [0.1, 0.15) is 5.75 Å². The lowest BCUT2D eigenvalue weighted by atomic mass is 9.85. The molecule has 0 aromatic heterocycles. The lowest BCUT2D eigenvalue weighted by molar-refractivity contribution is -0.143. The zero-order valence-corrected chi connectivity index (χ0v) is 16.5. The third kappa shape index (κ3) is 3.31. The largest absolute Gasteiger partial charge is 0.497 e. The molecule has 3 rings (SSSR count). The maximum absolute atomic E-state index is 13.1. The molecular formula is C21H30N2O3. The predicted molar refractivity (Wildman–Crippen MR) is 101 cm³/mol. The van der Waals surface area contributed by atoms with Gasteiger partial charge in [0.05, 0.1) is 19.2 Å². The molecule has 0 radical (unpaired) electrons. The molecule has 2 amide bonds. The Hall–Kier alpha value is -2.04. The number of hydrogen-bond acceptors (Lipinski definition) is 3. The summed E-state index contributed by atoms with van der Waals surface area (Å²) >= 11 is 0. The summed E-state index contributed by atoms with van der Waals surface area (Å²) in [6, 6.07) is 8.21. The van der Waals surface area contributed by atoms with Gasteiger partial charge in [-0.3, -0.25) is 9.59 Å². The van der Waals surface area contributed by atoms with Crippen LogP contribution in [-0.2, 0) is 9.59 Å². The van der Waals surface area contributed by atoms with Crippen molar-refractivity contribution in [2.75, 3.05) is 20.2 Å². The topological polar surface area (TPSA) is 49.9 Å². The molecule has 0 aliphatic carbocycles. The third-order valence-corrected chi connectivity index (χ3v) is 5.71. The molecule has 0 N–H and O–H groups in total. The van der Waals surface area contributed by atoms with Crippen LogP contribution in [0.5, 0.6) is 5.75 Å². The highest BCUT2D eigenvalue weighted by Gasteiger charge is 2.50. The second kappa shape index (κ2) is 6.93. The SMILES string of the molecule is COc1ccc([C@H]2CN(C(=O)C(C)(C)C)[C@@H]3CCCN(C(C)=O)[C@H]23)cc1. The minimum absolute atomic E-state index is 0.0564. The molecule has 2 aliphatic heterocycles. The van der Waals surface area contributed by atoms with Crippen molar-refractivity contribution in [3.05, 3.63) is 29.8 Å². The molecule has 2 aliphatic rings. The number of carbonyl (C=O) groups excluding carboxylic acids is 2. The number of amides is 2. The van der Waals surface area contributed by atoms with Gasteiger partial charge in [-0.05, 0) is 30.5 Å². The number of benzene rings is 1. The summed E-state index contributed by atoms with van der Waals surface area (Å²) in [4.78, 5) is 29.4. The van der Waals surface area contributed by atoms with Crippen molar-refractivity contribution < 1.29 is 14.3 Å². The zero-order chi connectivity index (χ0) is 19.1. The van der Waals surface area contributed by atoms with E-state index in [4.69, 9.17) is 4.74 Å². The summed E-state index contributed by atoms with van der Waals surface area (Å²) in [5.74, 6) is 1.23. The average molecular weight is 358 g/mol. The van der Waals surface area contributed by atoms with Crippen molar-refractivity contribution in [2.45, 2.75) is 58.5 Å². The summed E-state index contributed by atoms with van der Waals surface area (Å²) in [5.41, 5.74) is 0.746. The van der Waals surface area contributed by atoms with E-state index in [1.54, 1.807) is 14.0 Å². The molecule has 142 valence electrons. The van der Waals surface area contributed by atoms with E-state index in [9.17, 15) is 9.59 Å². The molecule has 0 unspecified atom stereocenters. The number of nitrogens with zero attached hydrogens (tertiary/aromatic N) is 2. The van der Waals surface area contributed by atoms with Crippen molar-refractivity contribution in [1.82, 2.24) is 9.80 Å². The second-order valence-corrected chi connectivity index (χ2v) is 8.50. The van der Waals surface area contributed by atoms with Crippen LogP contribution in [0.4, 0.5) is 0 Å². The van der Waals surface area contributed by atoms with Gasteiger partial charge in [-0.1, -0.05) is 32.9 Å². The fourth-order valence-corrected chi connectivity index (χ4v) is 4.46. The highest BCUT2D eigenvalue weighted by atomic mass is 16.5. The lowest BCUT2D eigenvalue weighted by Gasteiger charge is -2.42. The molecule has 0 bridgehead atoms. The van der Waals surface area contributed by atoms with Crippen molar-refractivity contribution in [2.24, 2.45) is 5.41 Å². The first-order valence-electron chi connectivity index (χ1n) is 9.46. The Balaban J connectivity index is 1.98. The first kappa shape index (κ1) is 18.7. The van der Waals surface area contributed by atoms with Crippen molar-refractivity contribution in [1.29, 1.82) is 0 Å². The van der Waals surface area contributed by atoms with E-state index in [0.717, 1.165) is 30.7 Å². The highest BCUT2D eigenvalue weighted by Crippen LogP contribution is 2.42. The fraction of sp³-hybridized carbons (Fsp3) is 0.619. The molecule has 2 fully saturated rings. The van der Waals surface area contributed by atoms with Crippen LogP contribution in [0.3, 0.4) is 0 Å². The second-order valence-electron chi connectivity index (χ2n) is 8.50.